The minimum atomic E-state index is -0.0218. The highest BCUT2D eigenvalue weighted by atomic mass is 16.2. The number of hydrogen-bond acceptors (Lipinski definition) is 2. The summed E-state index contributed by atoms with van der Waals surface area (Å²) >= 11 is 0. The second-order valence-electron chi connectivity index (χ2n) is 5.62. The number of amides is 2. The summed E-state index contributed by atoms with van der Waals surface area (Å²) in [5.41, 5.74) is 0. The van der Waals surface area contributed by atoms with E-state index in [1.54, 1.807) is 11.0 Å². The van der Waals surface area contributed by atoms with Crippen LogP contribution in [0.25, 0.3) is 0 Å². The zero-order valence-electron chi connectivity index (χ0n) is 11.7. The van der Waals surface area contributed by atoms with Crippen LogP contribution in [0.3, 0.4) is 0 Å². The van der Waals surface area contributed by atoms with Crippen molar-refractivity contribution in [2.75, 3.05) is 19.6 Å². The van der Waals surface area contributed by atoms with Gasteiger partial charge in [0.15, 0.2) is 0 Å². The summed E-state index contributed by atoms with van der Waals surface area (Å²) in [6, 6.07) is 0. The molecule has 4 heteroatoms. The number of rotatable bonds is 5. The average molecular weight is 264 g/mol. The molecule has 2 rings (SSSR count). The Hall–Kier alpha value is -1.32. The lowest BCUT2D eigenvalue weighted by molar-refractivity contribution is -0.132. The first-order valence-corrected chi connectivity index (χ1v) is 7.44. The van der Waals surface area contributed by atoms with Gasteiger partial charge in [0, 0.05) is 19.6 Å². The van der Waals surface area contributed by atoms with Crippen molar-refractivity contribution in [3.63, 3.8) is 0 Å². The van der Waals surface area contributed by atoms with Crippen LogP contribution >= 0.6 is 0 Å². The van der Waals surface area contributed by atoms with Crippen LogP contribution in [0.4, 0.5) is 0 Å². The standard InChI is InChI=1S/C15H24N2O2/c1-2-3-6-14(18)17-9-4-5-13(11-17)15(19)16-10-12-7-8-12/h3,6,12-13H,2,4-5,7-11H2,1H3,(H,16,19). The Balaban J connectivity index is 1.79. The van der Waals surface area contributed by atoms with Gasteiger partial charge in [-0.2, -0.15) is 0 Å². The normalized spacial score (nSPS) is 23.6. The van der Waals surface area contributed by atoms with E-state index >= 15 is 0 Å². The molecule has 1 heterocycles. The van der Waals surface area contributed by atoms with Crippen molar-refractivity contribution >= 4 is 11.8 Å². The molecule has 0 aromatic heterocycles. The van der Waals surface area contributed by atoms with E-state index in [4.69, 9.17) is 0 Å². The smallest absolute Gasteiger partial charge is 0.246 e. The summed E-state index contributed by atoms with van der Waals surface area (Å²) in [6.45, 7) is 4.18. The molecule has 0 bridgehead atoms. The number of carbonyl (C=O) groups excluding carboxylic acids is 2. The molecular weight excluding hydrogens is 240 g/mol. The van der Waals surface area contributed by atoms with Crippen molar-refractivity contribution in [3.8, 4) is 0 Å². The summed E-state index contributed by atoms with van der Waals surface area (Å²) in [4.78, 5) is 25.8. The van der Waals surface area contributed by atoms with E-state index in [9.17, 15) is 9.59 Å². The van der Waals surface area contributed by atoms with Gasteiger partial charge in [0.1, 0.15) is 0 Å². The van der Waals surface area contributed by atoms with Gasteiger partial charge in [-0.15, -0.1) is 0 Å². The zero-order valence-corrected chi connectivity index (χ0v) is 11.7. The topological polar surface area (TPSA) is 49.4 Å². The maximum absolute atomic E-state index is 12.0. The quantitative estimate of drug-likeness (QED) is 0.769. The van der Waals surface area contributed by atoms with Crippen molar-refractivity contribution in [1.29, 1.82) is 0 Å². The molecule has 2 aliphatic rings. The fraction of sp³-hybridized carbons (Fsp3) is 0.733. The third-order valence-corrected chi connectivity index (χ3v) is 3.86. The number of allylic oxidation sites excluding steroid dienone is 1. The predicted molar refractivity (Wildman–Crippen MR) is 74.5 cm³/mol. The second-order valence-corrected chi connectivity index (χ2v) is 5.62. The number of piperidine rings is 1. The molecule has 2 fully saturated rings. The maximum Gasteiger partial charge on any atom is 0.246 e. The Bertz CT molecular complexity index is 361. The first-order chi connectivity index (χ1) is 9.20. The lowest BCUT2D eigenvalue weighted by atomic mass is 9.97. The molecule has 1 N–H and O–H groups in total. The highest BCUT2D eigenvalue weighted by molar-refractivity contribution is 5.88. The average Bonchev–Trinajstić information content (AvgIpc) is 3.26. The lowest BCUT2D eigenvalue weighted by Crippen LogP contribution is -2.45. The van der Waals surface area contributed by atoms with Crippen LogP contribution in [0.2, 0.25) is 0 Å². The molecule has 2 amide bonds. The largest absolute Gasteiger partial charge is 0.356 e. The molecule has 1 atom stereocenters. The Morgan fingerprint density at radius 3 is 2.79 bits per heavy atom. The van der Waals surface area contributed by atoms with Gasteiger partial charge in [0.25, 0.3) is 0 Å². The number of carbonyl (C=O) groups is 2. The molecular formula is C15H24N2O2. The molecule has 1 saturated heterocycles. The van der Waals surface area contributed by atoms with Crippen LogP contribution in [0.5, 0.6) is 0 Å². The fourth-order valence-electron chi connectivity index (χ4n) is 2.43. The van der Waals surface area contributed by atoms with E-state index in [0.717, 1.165) is 32.4 Å². The van der Waals surface area contributed by atoms with Crippen LogP contribution in [0.1, 0.15) is 39.0 Å². The van der Waals surface area contributed by atoms with Gasteiger partial charge >= 0.3 is 0 Å². The summed E-state index contributed by atoms with van der Waals surface area (Å²) in [7, 11) is 0. The summed E-state index contributed by atoms with van der Waals surface area (Å²) in [6.07, 6.45) is 8.69. The lowest BCUT2D eigenvalue weighted by Gasteiger charge is -2.31. The minimum absolute atomic E-state index is 0.0218. The van der Waals surface area contributed by atoms with E-state index in [0.29, 0.717) is 12.5 Å². The SMILES string of the molecule is CCC=CC(=O)N1CCCC(C(=O)NCC2CC2)C1. The molecule has 1 aliphatic heterocycles. The molecule has 1 aliphatic carbocycles. The highest BCUT2D eigenvalue weighted by Gasteiger charge is 2.29. The maximum atomic E-state index is 12.0. The van der Waals surface area contributed by atoms with Gasteiger partial charge in [0.2, 0.25) is 11.8 Å². The Morgan fingerprint density at radius 2 is 2.11 bits per heavy atom. The van der Waals surface area contributed by atoms with Crippen LogP contribution in [-0.4, -0.2) is 36.3 Å². The predicted octanol–water partition coefficient (Wildman–Crippen LogP) is 1.72. The van der Waals surface area contributed by atoms with E-state index in [2.05, 4.69) is 5.32 Å². The van der Waals surface area contributed by atoms with Gasteiger partial charge in [0.05, 0.1) is 5.92 Å². The van der Waals surface area contributed by atoms with Crippen molar-refractivity contribution in [2.24, 2.45) is 11.8 Å². The minimum Gasteiger partial charge on any atom is -0.356 e. The molecule has 106 valence electrons. The van der Waals surface area contributed by atoms with Crippen molar-refractivity contribution in [3.05, 3.63) is 12.2 Å². The number of nitrogens with zero attached hydrogens (tertiary/aromatic N) is 1. The Morgan fingerprint density at radius 1 is 1.32 bits per heavy atom. The Kier molecular flexibility index (Phi) is 5.00. The van der Waals surface area contributed by atoms with Crippen LogP contribution < -0.4 is 5.32 Å². The van der Waals surface area contributed by atoms with Gasteiger partial charge in [-0.05, 0) is 44.1 Å². The van der Waals surface area contributed by atoms with Gasteiger partial charge in [-0.25, -0.2) is 0 Å². The van der Waals surface area contributed by atoms with Crippen molar-refractivity contribution in [1.82, 2.24) is 10.2 Å². The second kappa shape index (κ2) is 6.73. The fourth-order valence-corrected chi connectivity index (χ4v) is 2.43. The number of hydrogen-bond donors (Lipinski definition) is 1. The van der Waals surface area contributed by atoms with E-state index in [1.807, 2.05) is 13.0 Å². The van der Waals surface area contributed by atoms with Gasteiger partial charge in [-0.1, -0.05) is 13.0 Å². The van der Waals surface area contributed by atoms with E-state index in [-0.39, 0.29) is 17.7 Å². The number of nitrogens with one attached hydrogen (secondary N) is 1. The molecule has 0 spiro atoms. The summed E-state index contributed by atoms with van der Waals surface area (Å²) in [5, 5.41) is 3.02. The first kappa shape index (κ1) is 14.1. The molecule has 0 aromatic rings. The van der Waals surface area contributed by atoms with Gasteiger partial charge in [-0.3, -0.25) is 9.59 Å². The summed E-state index contributed by atoms with van der Waals surface area (Å²) in [5.74, 6) is 0.856. The molecule has 0 aromatic carbocycles. The molecule has 4 nitrogen and oxygen atoms in total. The van der Waals surface area contributed by atoms with Crippen LogP contribution in [0.15, 0.2) is 12.2 Å². The first-order valence-electron chi connectivity index (χ1n) is 7.44. The monoisotopic (exact) mass is 264 g/mol. The molecule has 19 heavy (non-hydrogen) atoms. The molecule has 0 radical (unpaired) electrons. The van der Waals surface area contributed by atoms with Crippen molar-refractivity contribution < 1.29 is 9.59 Å². The Labute approximate surface area is 115 Å². The van der Waals surface area contributed by atoms with E-state index < -0.39 is 0 Å². The summed E-state index contributed by atoms with van der Waals surface area (Å²) < 4.78 is 0. The van der Waals surface area contributed by atoms with Crippen LogP contribution in [0, 0.1) is 11.8 Å². The molecule has 1 saturated carbocycles. The van der Waals surface area contributed by atoms with Gasteiger partial charge < -0.3 is 10.2 Å². The number of likely N-dealkylation sites (tertiary alicyclic amines) is 1. The molecule has 1 unspecified atom stereocenters. The van der Waals surface area contributed by atoms with E-state index in [1.165, 1.54) is 12.8 Å². The third kappa shape index (κ3) is 4.37. The highest BCUT2D eigenvalue weighted by Crippen LogP contribution is 2.27. The van der Waals surface area contributed by atoms with Crippen molar-refractivity contribution in [2.45, 2.75) is 39.0 Å². The third-order valence-electron chi connectivity index (χ3n) is 3.86. The van der Waals surface area contributed by atoms with Crippen LogP contribution in [-0.2, 0) is 9.59 Å². The zero-order chi connectivity index (χ0) is 13.7.